The van der Waals surface area contributed by atoms with E-state index < -0.39 is 0 Å². The first-order valence-electron chi connectivity index (χ1n) is 7.25. The zero-order valence-electron chi connectivity index (χ0n) is 13.3. The number of benzene rings is 2. The molecule has 0 atom stereocenters. The van der Waals surface area contributed by atoms with E-state index in [0.29, 0.717) is 18.3 Å². The van der Waals surface area contributed by atoms with E-state index in [1.165, 1.54) is 0 Å². The van der Waals surface area contributed by atoms with Crippen LogP contribution in [-0.2, 0) is 0 Å². The van der Waals surface area contributed by atoms with Gasteiger partial charge in [0.1, 0.15) is 11.5 Å². The van der Waals surface area contributed by atoms with Gasteiger partial charge in [-0.1, -0.05) is 0 Å². The van der Waals surface area contributed by atoms with Gasteiger partial charge in [-0.15, -0.1) is 0 Å². The molecule has 0 heterocycles. The molecular weight excluding hydrogens is 437 g/mol. The van der Waals surface area contributed by atoms with Gasteiger partial charge in [-0.05, 0) is 74.6 Å². The SMILES string of the molecule is CCOc1ccc(NC(=S)Nc2ccc(OCC)cc2)cc1.[Pr]. The van der Waals surface area contributed by atoms with Crippen molar-refractivity contribution >= 4 is 28.7 Å². The molecule has 0 saturated carbocycles. The minimum absolute atomic E-state index is 0. The third-order valence-electron chi connectivity index (χ3n) is 2.85. The Labute approximate surface area is 175 Å². The van der Waals surface area contributed by atoms with Gasteiger partial charge in [0, 0.05) is 52.7 Å². The second-order valence-corrected chi connectivity index (χ2v) is 4.90. The molecule has 1 radical (unpaired) electrons. The summed E-state index contributed by atoms with van der Waals surface area (Å²) in [5.74, 6) is 1.69. The van der Waals surface area contributed by atoms with Crippen LogP contribution in [0.2, 0.25) is 0 Å². The third-order valence-corrected chi connectivity index (χ3v) is 3.05. The fraction of sp³-hybridized carbons (Fsp3) is 0.235. The van der Waals surface area contributed by atoms with Gasteiger partial charge in [0.2, 0.25) is 0 Å². The Hall–Kier alpha value is -0.906. The average molecular weight is 457 g/mol. The molecule has 119 valence electrons. The number of thiocarbonyl (C=S) groups is 1. The number of hydrogen-bond acceptors (Lipinski definition) is 3. The van der Waals surface area contributed by atoms with Gasteiger partial charge in [0.05, 0.1) is 13.2 Å². The summed E-state index contributed by atoms with van der Waals surface area (Å²) in [6, 6.07) is 15.3. The third kappa shape index (κ3) is 7.02. The van der Waals surface area contributed by atoms with Crippen LogP contribution in [0.5, 0.6) is 11.5 Å². The van der Waals surface area contributed by atoms with Crippen molar-refractivity contribution in [3.63, 3.8) is 0 Å². The van der Waals surface area contributed by atoms with Crippen LogP contribution in [0.1, 0.15) is 13.8 Å². The van der Waals surface area contributed by atoms with Gasteiger partial charge in [-0.3, -0.25) is 0 Å². The van der Waals surface area contributed by atoms with Crippen LogP contribution in [-0.4, -0.2) is 18.3 Å². The molecule has 0 amide bonds. The van der Waals surface area contributed by atoms with Crippen molar-refractivity contribution in [2.24, 2.45) is 0 Å². The van der Waals surface area contributed by atoms with Crippen LogP contribution in [0.15, 0.2) is 48.5 Å². The van der Waals surface area contributed by atoms with Crippen molar-refractivity contribution in [3.8, 4) is 11.5 Å². The van der Waals surface area contributed by atoms with Crippen LogP contribution in [0.25, 0.3) is 0 Å². The quantitative estimate of drug-likeness (QED) is 0.634. The predicted molar refractivity (Wildman–Crippen MR) is 95.1 cm³/mol. The van der Waals surface area contributed by atoms with Crippen molar-refractivity contribution in [1.82, 2.24) is 0 Å². The molecule has 23 heavy (non-hydrogen) atoms. The summed E-state index contributed by atoms with van der Waals surface area (Å²) in [6.45, 7) is 5.24. The first-order valence-corrected chi connectivity index (χ1v) is 7.65. The minimum Gasteiger partial charge on any atom is -0.494 e. The van der Waals surface area contributed by atoms with Gasteiger partial charge in [0.25, 0.3) is 0 Å². The van der Waals surface area contributed by atoms with E-state index in [4.69, 9.17) is 21.7 Å². The summed E-state index contributed by atoms with van der Waals surface area (Å²) in [5, 5.41) is 6.80. The molecular formula is C17H20N2O2PrS. The van der Waals surface area contributed by atoms with Gasteiger partial charge in [0.15, 0.2) is 5.11 Å². The smallest absolute Gasteiger partial charge is 0.175 e. The molecule has 2 aromatic carbocycles. The monoisotopic (exact) mass is 457 g/mol. The van der Waals surface area contributed by atoms with E-state index in [-0.39, 0.29) is 41.3 Å². The van der Waals surface area contributed by atoms with Crippen LogP contribution < -0.4 is 20.1 Å². The molecule has 4 nitrogen and oxygen atoms in total. The molecule has 0 bridgehead atoms. The van der Waals surface area contributed by atoms with E-state index in [1.807, 2.05) is 62.4 Å². The van der Waals surface area contributed by atoms with E-state index in [2.05, 4.69) is 10.6 Å². The molecule has 2 rings (SSSR count). The second kappa shape index (κ2) is 10.8. The minimum atomic E-state index is 0. The number of ether oxygens (including phenoxy) is 2. The van der Waals surface area contributed by atoms with E-state index >= 15 is 0 Å². The van der Waals surface area contributed by atoms with E-state index in [0.717, 1.165) is 22.9 Å². The number of nitrogens with one attached hydrogen (secondary N) is 2. The van der Waals surface area contributed by atoms with Gasteiger partial charge in [-0.2, -0.15) is 0 Å². The first kappa shape index (κ1) is 20.1. The summed E-state index contributed by atoms with van der Waals surface area (Å²) in [7, 11) is 0. The molecule has 2 aromatic rings. The molecule has 0 fully saturated rings. The Bertz CT molecular complexity index is 549. The summed E-state index contributed by atoms with van der Waals surface area (Å²) in [4.78, 5) is 0. The average Bonchev–Trinajstić information content (AvgIpc) is 2.52. The van der Waals surface area contributed by atoms with Crippen LogP contribution in [0.4, 0.5) is 11.4 Å². The Morgan fingerprint density at radius 2 is 1.13 bits per heavy atom. The molecule has 0 spiro atoms. The Balaban J connectivity index is 0.00000264. The molecule has 2 N–H and O–H groups in total. The zero-order valence-corrected chi connectivity index (χ0v) is 17.9. The summed E-state index contributed by atoms with van der Waals surface area (Å²) < 4.78 is 10.8. The fourth-order valence-electron chi connectivity index (χ4n) is 1.90. The largest absolute Gasteiger partial charge is 0.494 e. The van der Waals surface area contributed by atoms with Gasteiger partial charge in [-0.25, -0.2) is 0 Å². The van der Waals surface area contributed by atoms with Crippen molar-refractivity contribution in [3.05, 3.63) is 48.5 Å². The van der Waals surface area contributed by atoms with Crippen LogP contribution in [0, 0.1) is 41.3 Å². The van der Waals surface area contributed by atoms with Crippen molar-refractivity contribution in [1.29, 1.82) is 0 Å². The maximum Gasteiger partial charge on any atom is 0.175 e. The number of rotatable bonds is 6. The van der Waals surface area contributed by atoms with Crippen LogP contribution in [0.3, 0.4) is 0 Å². The standard InChI is InChI=1S/C17H20N2O2S.Pr/c1-3-20-15-9-5-13(6-10-15)18-17(22)19-14-7-11-16(12-8-14)21-4-2;/h5-12H,3-4H2,1-2H3,(H2,18,19,22);. The van der Waals surface area contributed by atoms with Crippen molar-refractivity contribution in [2.45, 2.75) is 13.8 Å². The normalized spacial score (nSPS) is 9.48. The number of hydrogen-bond donors (Lipinski definition) is 2. The Kier molecular flexibility index (Phi) is 9.45. The molecule has 0 aliphatic carbocycles. The van der Waals surface area contributed by atoms with E-state index in [9.17, 15) is 0 Å². The summed E-state index contributed by atoms with van der Waals surface area (Å²) >= 11 is 5.30. The zero-order chi connectivity index (χ0) is 15.8. The topological polar surface area (TPSA) is 42.5 Å². The summed E-state index contributed by atoms with van der Waals surface area (Å²) in [6.07, 6.45) is 0. The maximum atomic E-state index is 5.40. The predicted octanol–water partition coefficient (Wildman–Crippen LogP) is 4.29. The summed E-state index contributed by atoms with van der Waals surface area (Å²) in [5.41, 5.74) is 1.82. The molecule has 0 aromatic heterocycles. The van der Waals surface area contributed by atoms with E-state index in [1.54, 1.807) is 0 Å². The first-order chi connectivity index (χ1) is 10.7. The molecule has 0 aliphatic heterocycles. The molecule has 0 aliphatic rings. The maximum absolute atomic E-state index is 5.40. The molecule has 0 saturated heterocycles. The van der Waals surface area contributed by atoms with Crippen molar-refractivity contribution < 1.29 is 50.8 Å². The second-order valence-electron chi connectivity index (χ2n) is 4.49. The fourth-order valence-corrected chi connectivity index (χ4v) is 2.13. The van der Waals surface area contributed by atoms with Gasteiger partial charge < -0.3 is 20.1 Å². The molecule has 6 heteroatoms. The van der Waals surface area contributed by atoms with Crippen LogP contribution >= 0.6 is 12.2 Å². The molecule has 0 unspecified atom stereocenters. The Morgan fingerprint density at radius 1 is 0.783 bits per heavy atom. The van der Waals surface area contributed by atoms with Crippen molar-refractivity contribution in [2.75, 3.05) is 23.8 Å². The number of anilines is 2. The Morgan fingerprint density at radius 3 is 1.43 bits per heavy atom. The van der Waals surface area contributed by atoms with Gasteiger partial charge >= 0.3 is 0 Å².